The van der Waals surface area contributed by atoms with Gasteiger partial charge in [-0.1, -0.05) is 15.9 Å². The number of nitrogens with one attached hydrogen (secondary N) is 1. The molecule has 2 heterocycles. The van der Waals surface area contributed by atoms with Crippen LogP contribution in [0.1, 0.15) is 18.4 Å². The summed E-state index contributed by atoms with van der Waals surface area (Å²) < 4.78 is 33.7. The summed E-state index contributed by atoms with van der Waals surface area (Å²) in [6, 6.07) is 4.00. The molecule has 1 saturated heterocycles. The molecule has 22 heavy (non-hydrogen) atoms. The standard InChI is InChI=1S/C14H19BrN2O3S.ClH/c1-16-12-2-5-17(6-3-12)21(18,19)13-9-11(15)8-10-4-7-20-14(10)13;/h8-9,12,16H,2-7H2,1H3;1H. The lowest BCUT2D eigenvalue weighted by Crippen LogP contribution is -2.43. The van der Waals surface area contributed by atoms with Gasteiger partial charge in [-0.15, -0.1) is 12.4 Å². The van der Waals surface area contributed by atoms with Crippen LogP contribution in [0.3, 0.4) is 0 Å². The van der Waals surface area contributed by atoms with Crippen molar-refractivity contribution in [2.75, 3.05) is 26.7 Å². The Morgan fingerprint density at radius 2 is 2.00 bits per heavy atom. The van der Waals surface area contributed by atoms with Crippen LogP contribution in [0.25, 0.3) is 0 Å². The molecule has 0 spiro atoms. The molecule has 1 N–H and O–H groups in total. The minimum absolute atomic E-state index is 0. The van der Waals surface area contributed by atoms with E-state index < -0.39 is 10.0 Å². The number of halogens is 2. The Hall–Kier alpha value is -0.340. The van der Waals surface area contributed by atoms with Gasteiger partial charge in [0, 0.05) is 35.6 Å². The summed E-state index contributed by atoms with van der Waals surface area (Å²) >= 11 is 3.40. The summed E-state index contributed by atoms with van der Waals surface area (Å²) in [6.45, 7) is 1.65. The van der Waals surface area contributed by atoms with Crippen molar-refractivity contribution in [2.45, 2.75) is 30.2 Å². The van der Waals surface area contributed by atoms with Crippen molar-refractivity contribution in [3.8, 4) is 5.75 Å². The van der Waals surface area contributed by atoms with Crippen LogP contribution in [0.2, 0.25) is 0 Å². The average molecular weight is 412 g/mol. The fraction of sp³-hybridized carbons (Fsp3) is 0.571. The van der Waals surface area contributed by atoms with Crippen LogP contribution in [0.5, 0.6) is 5.75 Å². The zero-order valence-electron chi connectivity index (χ0n) is 12.3. The fourth-order valence-electron chi connectivity index (χ4n) is 2.95. The van der Waals surface area contributed by atoms with Crippen LogP contribution in [0, 0.1) is 0 Å². The third kappa shape index (κ3) is 3.28. The molecular weight excluding hydrogens is 392 g/mol. The van der Waals surface area contributed by atoms with Crippen molar-refractivity contribution in [3.63, 3.8) is 0 Å². The van der Waals surface area contributed by atoms with E-state index in [1.54, 1.807) is 10.4 Å². The van der Waals surface area contributed by atoms with Crippen LogP contribution in [-0.4, -0.2) is 45.5 Å². The minimum atomic E-state index is -3.49. The van der Waals surface area contributed by atoms with Crippen molar-refractivity contribution in [1.82, 2.24) is 9.62 Å². The Bertz CT molecular complexity index is 646. The Balaban J connectivity index is 0.00000176. The predicted octanol–water partition coefficient (Wildman–Crippen LogP) is 2.18. The molecule has 0 aliphatic carbocycles. The van der Waals surface area contributed by atoms with Gasteiger partial charge in [0.05, 0.1) is 6.61 Å². The highest BCUT2D eigenvalue weighted by Crippen LogP contribution is 2.37. The van der Waals surface area contributed by atoms with E-state index >= 15 is 0 Å². The van der Waals surface area contributed by atoms with Gasteiger partial charge in [-0.25, -0.2) is 8.42 Å². The van der Waals surface area contributed by atoms with E-state index in [1.807, 2.05) is 13.1 Å². The topological polar surface area (TPSA) is 58.6 Å². The van der Waals surface area contributed by atoms with Gasteiger partial charge in [0.2, 0.25) is 10.0 Å². The molecular formula is C14H20BrClN2O3S. The van der Waals surface area contributed by atoms with E-state index in [0.717, 1.165) is 29.3 Å². The monoisotopic (exact) mass is 410 g/mol. The maximum atomic E-state index is 12.9. The van der Waals surface area contributed by atoms with Crippen molar-refractivity contribution in [2.24, 2.45) is 0 Å². The molecule has 0 saturated carbocycles. The van der Waals surface area contributed by atoms with Gasteiger partial charge < -0.3 is 10.1 Å². The summed E-state index contributed by atoms with van der Waals surface area (Å²) in [7, 11) is -1.57. The molecule has 0 aromatic heterocycles. The summed E-state index contributed by atoms with van der Waals surface area (Å²) in [5.74, 6) is 0.536. The lowest BCUT2D eigenvalue weighted by atomic mass is 10.1. The second-order valence-corrected chi connectivity index (χ2v) is 8.28. The van der Waals surface area contributed by atoms with Crippen LogP contribution in [0.4, 0.5) is 0 Å². The molecule has 0 atom stereocenters. The molecule has 8 heteroatoms. The van der Waals surface area contributed by atoms with Crippen molar-refractivity contribution in [1.29, 1.82) is 0 Å². The van der Waals surface area contributed by atoms with Crippen molar-refractivity contribution < 1.29 is 13.2 Å². The van der Waals surface area contributed by atoms with Gasteiger partial charge in [-0.05, 0) is 32.0 Å². The fourth-order valence-corrected chi connectivity index (χ4v) is 5.28. The zero-order valence-corrected chi connectivity index (χ0v) is 15.6. The number of hydrogen-bond acceptors (Lipinski definition) is 4. The van der Waals surface area contributed by atoms with Gasteiger partial charge in [0.15, 0.2) is 0 Å². The minimum Gasteiger partial charge on any atom is -0.492 e. The first-order chi connectivity index (χ1) is 10.0. The number of nitrogens with zero attached hydrogens (tertiary/aromatic N) is 1. The molecule has 0 bridgehead atoms. The Labute approximate surface area is 146 Å². The third-order valence-corrected chi connectivity index (χ3v) is 6.56. The predicted molar refractivity (Wildman–Crippen MR) is 91.4 cm³/mol. The quantitative estimate of drug-likeness (QED) is 0.828. The summed E-state index contributed by atoms with van der Waals surface area (Å²) in [6.07, 6.45) is 2.44. The molecule has 1 aromatic rings. The summed E-state index contributed by atoms with van der Waals surface area (Å²) in [5.41, 5.74) is 0.966. The van der Waals surface area contributed by atoms with Crippen LogP contribution in [-0.2, 0) is 16.4 Å². The Kier molecular flexibility index (Phi) is 5.77. The number of hydrogen-bond donors (Lipinski definition) is 1. The largest absolute Gasteiger partial charge is 0.492 e. The van der Waals surface area contributed by atoms with E-state index in [1.165, 1.54) is 0 Å². The number of benzene rings is 1. The SMILES string of the molecule is CNC1CCN(S(=O)(=O)c2cc(Br)cc3c2OCC3)CC1.Cl. The molecule has 0 unspecified atom stereocenters. The molecule has 2 aliphatic heterocycles. The van der Waals surface area contributed by atoms with Crippen LogP contribution in [0.15, 0.2) is 21.5 Å². The highest BCUT2D eigenvalue weighted by molar-refractivity contribution is 9.10. The van der Waals surface area contributed by atoms with E-state index in [-0.39, 0.29) is 12.4 Å². The first kappa shape index (κ1) is 18.0. The molecule has 3 rings (SSSR count). The number of piperidine rings is 1. The van der Waals surface area contributed by atoms with E-state index in [2.05, 4.69) is 21.2 Å². The highest BCUT2D eigenvalue weighted by atomic mass is 79.9. The average Bonchev–Trinajstić information content (AvgIpc) is 2.94. The maximum absolute atomic E-state index is 12.9. The first-order valence-corrected chi connectivity index (χ1v) is 9.38. The van der Waals surface area contributed by atoms with Crippen LogP contribution < -0.4 is 10.1 Å². The second kappa shape index (κ2) is 7.05. The molecule has 5 nitrogen and oxygen atoms in total. The number of sulfonamides is 1. The second-order valence-electron chi connectivity index (χ2n) is 5.46. The normalized spacial score (nSPS) is 19.4. The number of fused-ring (bicyclic) bond motifs is 1. The van der Waals surface area contributed by atoms with E-state index in [4.69, 9.17) is 4.74 Å². The molecule has 0 amide bonds. The maximum Gasteiger partial charge on any atom is 0.246 e. The van der Waals surface area contributed by atoms with Gasteiger partial charge in [-0.2, -0.15) is 4.31 Å². The lowest BCUT2D eigenvalue weighted by Gasteiger charge is -2.31. The van der Waals surface area contributed by atoms with Gasteiger partial charge in [0.25, 0.3) is 0 Å². The molecule has 0 radical (unpaired) electrons. The lowest BCUT2D eigenvalue weighted by molar-refractivity contribution is 0.296. The van der Waals surface area contributed by atoms with Crippen LogP contribution >= 0.6 is 28.3 Å². The summed E-state index contributed by atoms with van der Waals surface area (Å²) in [4.78, 5) is 0.298. The van der Waals surface area contributed by atoms with Crippen molar-refractivity contribution >= 4 is 38.4 Å². The number of rotatable bonds is 3. The summed E-state index contributed by atoms with van der Waals surface area (Å²) in [5, 5.41) is 3.21. The highest BCUT2D eigenvalue weighted by Gasteiger charge is 2.33. The van der Waals surface area contributed by atoms with E-state index in [0.29, 0.717) is 36.4 Å². The van der Waals surface area contributed by atoms with Gasteiger partial charge in [-0.3, -0.25) is 0 Å². The van der Waals surface area contributed by atoms with Gasteiger partial charge in [0.1, 0.15) is 10.6 Å². The molecule has 1 fully saturated rings. The Morgan fingerprint density at radius 3 is 2.64 bits per heavy atom. The van der Waals surface area contributed by atoms with Crippen molar-refractivity contribution in [3.05, 3.63) is 22.2 Å². The first-order valence-electron chi connectivity index (χ1n) is 7.15. The number of ether oxygens (including phenoxy) is 1. The van der Waals surface area contributed by atoms with E-state index in [9.17, 15) is 8.42 Å². The molecule has 2 aliphatic rings. The molecule has 1 aromatic carbocycles. The zero-order chi connectivity index (χ0) is 15.0. The van der Waals surface area contributed by atoms with Gasteiger partial charge >= 0.3 is 0 Å². The smallest absolute Gasteiger partial charge is 0.246 e. The Morgan fingerprint density at radius 1 is 1.32 bits per heavy atom. The third-order valence-electron chi connectivity index (χ3n) is 4.19. The molecule has 124 valence electrons.